The summed E-state index contributed by atoms with van der Waals surface area (Å²) in [5, 5.41) is 2.22. The summed E-state index contributed by atoms with van der Waals surface area (Å²) in [6, 6.07) is 91.7. The van der Waals surface area contributed by atoms with Crippen LogP contribution in [0.1, 0.15) is 0 Å². The van der Waals surface area contributed by atoms with Gasteiger partial charge in [-0.1, -0.05) is 158 Å². The minimum absolute atomic E-state index is 0.293. The van der Waals surface area contributed by atoms with Gasteiger partial charge in [-0.05, 0) is 143 Å². The molecule has 0 N–H and O–H groups in total. The highest BCUT2D eigenvalue weighted by molar-refractivity contribution is 6.12. The molecule has 0 aliphatic rings. The first-order valence-corrected chi connectivity index (χ1v) is 26.8. The van der Waals surface area contributed by atoms with Crippen LogP contribution >= 0.6 is 0 Å². The zero-order valence-corrected chi connectivity index (χ0v) is 44.5. The zero-order valence-electron chi connectivity index (χ0n) is 44.5. The first-order chi connectivity index (χ1) is 41.0. The molecule has 0 aliphatic carbocycles. The Kier molecular flexibility index (Phi) is 13.3. The topological polar surface area (TPSA) is 54.6 Å². The van der Waals surface area contributed by atoms with Crippen LogP contribution in [0, 0.1) is 26.3 Å². The van der Waals surface area contributed by atoms with E-state index in [0.717, 1.165) is 78.3 Å². The summed E-state index contributed by atoms with van der Waals surface area (Å²) in [5.41, 5.74) is 16.7. The first kappa shape index (κ1) is 50.4. The third kappa shape index (κ3) is 9.52. The van der Waals surface area contributed by atoms with Gasteiger partial charge in [0.1, 0.15) is 5.82 Å². The minimum atomic E-state index is 0.293. The Balaban J connectivity index is 0.877. The number of hydrogen-bond acceptors (Lipinski definition) is 4. The number of rotatable bonds is 12. The third-order valence-corrected chi connectivity index (χ3v) is 14.9. The fourth-order valence-corrected chi connectivity index (χ4v) is 11.0. The summed E-state index contributed by atoms with van der Waals surface area (Å²) in [4.78, 5) is 29.8. The number of aromatic nitrogens is 3. The lowest BCUT2D eigenvalue weighted by molar-refractivity contribution is 1.18. The number of para-hydroxylation sites is 6. The normalized spacial score (nSPS) is 10.8. The van der Waals surface area contributed by atoms with Crippen molar-refractivity contribution in [3.63, 3.8) is 0 Å². The van der Waals surface area contributed by atoms with Crippen LogP contribution in [0.5, 0.6) is 0 Å². The molecule has 13 aromatic rings. The lowest BCUT2D eigenvalue weighted by atomic mass is 9.95. The molecular weight excluding hydrogens is 1010 g/mol. The van der Waals surface area contributed by atoms with Crippen LogP contribution < -0.4 is 9.80 Å². The van der Waals surface area contributed by atoms with Gasteiger partial charge in [-0.2, -0.15) is 0 Å². The molecule has 9 heteroatoms. The molecule has 13 rings (SSSR count). The molecule has 0 unspecified atom stereocenters. The molecule has 2 aromatic heterocycles. The lowest BCUT2D eigenvalue weighted by Crippen LogP contribution is -2.09. The van der Waals surface area contributed by atoms with E-state index in [1.165, 1.54) is 0 Å². The largest absolute Gasteiger partial charge is 0.310 e. The Morgan fingerprint density at radius 3 is 1.14 bits per heavy atom. The maximum Gasteiger partial charge on any atom is 0.198 e. The SMILES string of the molecule is [C-]#[N+]c1ccccc1-c1cc(-c2cc([N+]#[C-])c(-c3ccc(-c4ccc(-n5c6ccc(N(c7ccccc7)c7ccccc7)cc6c6cc(N(c7ccccc7)c7ccccc7)ccc65)cc4)cc3)c([N+]#[C-])c2)nc(-c2ccccc2[N+]#[C-])n1. The van der Waals surface area contributed by atoms with Gasteiger partial charge in [-0.3, -0.25) is 0 Å². The van der Waals surface area contributed by atoms with Crippen molar-refractivity contribution < 1.29 is 0 Å². The minimum Gasteiger partial charge on any atom is -0.310 e. The highest BCUT2D eigenvalue weighted by Gasteiger charge is 2.22. The number of benzene rings is 11. The fourth-order valence-electron chi connectivity index (χ4n) is 11.0. The number of fused-ring (bicyclic) bond motifs is 3. The van der Waals surface area contributed by atoms with Gasteiger partial charge in [0.05, 0.1) is 48.7 Å². The van der Waals surface area contributed by atoms with E-state index in [0.29, 0.717) is 62.2 Å². The second-order valence-corrected chi connectivity index (χ2v) is 19.7. The van der Waals surface area contributed by atoms with Crippen LogP contribution in [-0.4, -0.2) is 14.5 Å². The van der Waals surface area contributed by atoms with Gasteiger partial charge in [-0.25, -0.2) is 29.3 Å². The predicted molar refractivity (Wildman–Crippen MR) is 338 cm³/mol. The molecule has 0 atom stereocenters. The molecule has 0 spiro atoms. The van der Waals surface area contributed by atoms with Crippen molar-refractivity contribution in [1.82, 2.24) is 14.5 Å². The van der Waals surface area contributed by atoms with E-state index < -0.39 is 0 Å². The molecule has 0 saturated carbocycles. The van der Waals surface area contributed by atoms with Crippen LogP contribution in [0.25, 0.3) is 103 Å². The average Bonchev–Trinajstić information content (AvgIpc) is 4.07. The van der Waals surface area contributed by atoms with Crippen molar-refractivity contribution >= 4 is 78.7 Å². The maximum atomic E-state index is 8.40. The summed E-state index contributed by atoms with van der Waals surface area (Å²) in [6.45, 7) is 32.5. The van der Waals surface area contributed by atoms with Crippen LogP contribution in [0.2, 0.25) is 0 Å². The molecule has 9 nitrogen and oxygen atoms in total. The Labute approximate surface area is 481 Å². The van der Waals surface area contributed by atoms with Crippen LogP contribution in [0.4, 0.5) is 56.9 Å². The van der Waals surface area contributed by atoms with Gasteiger partial charge in [0.2, 0.25) is 0 Å². The van der Waals surface area contributed by atoms with E-state index in [9.17, 15) is 0 Å². The summed E-state index contributed by atoms with van der Waals surface area (Å²) >= 11 is 0. The molecule has 386 valence electrons. The molecule has 83 heavy (non-hydrogen) atoms. The average molecular weight is 1060 g/mol. The lowest BCUT2D eigenvalue weighted by Gasteiger charge is -2.26. The fraction of sp³-hybridized carbons (Fsp3) is 0. The van der Waals surface area contributed by atoms with Gasteiger partial charge >= 0.3 is 0 Å². The molecule has 11 aromatic carbocycles. The van der Waals surface area contributed by atoms with Gasteiger partial charge in [-0.15, -0.1) is 0 Å². The van der Waals surface area contributed by atoms with Gasteiger partial charge in [0.15, 0.2) is 22.7 Å². The summed E-state index contributed by atoms with van der Waals surface area (Å²) in [7, 11) is 0. The predicted octanol–water partition coefficient (Wildman–Crippen LogP) is 21.1. The molecule has 0 radical (unpaired) electrons. The smallest absolute Gasteiger partial charge is 0.198 e. The summed E-state index contributed by atoms with van der Waals surface area (Å²) in [5.74, 6) is 0.299. The quantitative estimate of drug-likeness (QED) is 0.114. The zero-order chi connectivity index (χ0) is 56.2. The van der Waals surface area contributed by atoms with Gasteiger partial charge in [0, 0.05) is 61.7 Å². The van der Waals surface area contributed by atoms with Gasteiger partial charge in [0.25, 0.3) is 0 Å². The van der Waals surface area contributed by atoms with E-state index in [-0.39, 0.29) is 0 Å². The Hall–Kier alpha value is -12.1. The van der Waals surface area contributed by atoms with Gasteiger partial charge < -0.3 is 14.4 Å². The van der Waals surface area contributed by atoms with Crippen molar-refractivity contribution in [2.24, 2.45) is 0 Å². The molecule has 2 heterocycles. The van der Waals surface area contributed by atoms with Crippen molar-refractivity contribution in [3.05, 3.63) is 319 Å². The van der Waals surface area contributed by atoms with Crippen molar-refractivity contribution in [2.45, 2.75) is 0 Å². The van der Waals surface area contributed by atoms with Crippen LogP contribution in [0.15, 0.2) is 273 Å². The Morgan fingerprint density at radius 1 is 0.301 bits per heavy atom. The Morgan fingerprint density at radius 2 is 0.687 bits per heavy atom. The molecular formula is C74H45N9. The second kappa shape index (κ2) is 21.9. The second-order valence-electron chi connectivity index (χ2n) is 19.7. The standard InChI is InChI=1S/C74H45N9/c1-75-65-31-19-17-29-61(65)68-49-67(79-74(80-68)62-30-18-20-32-66(62)76-2)53-45-69(77-3)73(70(46-53)78-4)52-35-33-50(34-36-52)51-37-39-58(40-38-51)83-71-43-41-59(81(54-21-9-5-10-22-54)55-23-11-6-12-24-55)47-63(71)64-48-60(42-44-72(64)83)82(56-25-13-7-14-26-56)57-27-15-8-16-28-57/h5-49H. The first-order valence-electron chi connectivity index (χ1n) is 26.8. The highest BCUT2D eigenvalue weighted by atomic mass is 15.1. The number of nitrogens with zero attached hydrogens (tertiary/aromatic N) is 9. The highest BCUT2D eigenvalue weighted by Crippen LogP contribution is 2.46. The van der Waals surface area contributed by atoms with Crippen LogP contribution in [0.3, 0.4) is 0 Å². The van der Waals surface area contributed by atoms with E-state index in [4.69, 9.17) is 36.3 Å². The number of hydrogen-bond donors (Lipinski definition) is 0. The summed E-state index contributed by atoms with van der Waals surface area (Å²) in [6.07, 6.45) is 0. The van der Waals surface area contributed by atoms with E-state index in [1.54, 1.807) is 48.5 Å². The molecule has 0 saturated heterocycles. The van der Waals surface area contributed by atoms with E-state index in [2.05, 4.69) is 191 Å². The maximum absolute atomic E-state index is 8.40. The Bertz CT molecular complexity index is 4430. The molecule has 0 fully saturated rings. The molecule has 0 bridgehead atoms. The monoisotopic (exact) mass is 1060 g/mol. The third-order valence-electron chi connectivity index (χ3n) is 14.9. The van der Waals surface area contributed by atoms with Crippen molar-refractivity contribution in [1.29, 1.82) is 0 Å². The number of anilines is 6. The van der Waals surface area contributed by atoms with Crippen molar-refractivity contribution in [3.8, 4) is 61.8 Å². The van der Waals surface area contributed by atoms with Crippen molar-refractivity contribution in [2.75, 3.05) is 9.80 Å². The summed E-state index contributed by atoms with van der Waals surface area (Å²) < 4.78 is 2.35. The molecule has 0 amide bonds. The molecule has 0 aliphatic heterocycles. The van der Waals surface area contributed by atoms with E-state index >= 15 is 0 Å². The van der Waals surface area contributed by atoms with Crippen LogP contribution in [-0.2, 0) is 0 Å². The van der Waals surface area contributed by atoms with E-state index in [1.807, 2.05) is 66.7 Å².